The third-order valence-corrected chi connectivity index (χ3v) is 9.37. The van der Waals surface area contributed by atoms with Crippen LogP contribution in [0.1, 0.15) is 32.9 Å². The summed E-state index contributed by atoms with van der Waals surface area (Å²) in [5.74, 6) is -0.672. The molecule has 1 amide bonds. The van der Waals surface area contributed by atoms with E-state index in [4.69, 9.17) is 25.1 Å². The van der Waals surface area contributed by atoms with E-state index in [1.807, 2.05) is 0 Å². The number of sulfonamides is 1. The highest BCUT2D eigenvalue weighted by Gasteiger charge is 2.29. The van der Waals surface area contributed by atoms with Crippen LogP contribution in [-0.4, -0.2) is 41.6 Å². The molecule has 6 aromatic rings. The molecule has 6 rings (SSSR count). The van der Waals surface area contributed by atoms with Crippen molar-refractivity contribution in [1.29, 1.82) is 0 Å². The zero-order valence-corrected chi connectivity index (χ0v) is 27.1. The standard InChI is InChI=1S/C33H27ClFN5O6S/c1-18-19(2)37-46-31(18)39-47(42,43)27-11-6-5-8-24(27)23-13-12-21(32-36-14-15-44-32)16-22(23)17-40(4)33(41)28-20(3)45-38-30(28)29-25(34)9-7-10-26(29)35/h5-16,39H,17H2,1-4H3. The maximum absolute atomic E-state index is 14.9. The van der Waals surface area contributed by atoms with Crippen LogP contribution in [0.5, 0.6) is 0 Å². The van der Waals surface area contributed by atoms with E-state index in [0.29, 0.717) is 39.4 Å². The normalized spacial score (nSPS) is 11.5. The van der Waals surface area contributed by atoms with Crippen molar-refractivity contribution in [3.63, 3.8) is 0 Å². The summed E-state index contributed by atoms with van der Waals surface area (Å²) in [6, 6.07) is 15.9. The van der Waals surface area contributed by atoms with Gasteiger partial charge >= 0.3 is 0 Å². The van der Waals surface area contributed by atoms with E-state index < -0.39 is 21.7 Å². The summed E-state index contributed by atoms with van der Waals surface area (Å²) in [6.45, 7) is 4.94. The number of aryl methyl sites for hydroxylation is 2. The summed E-state index contributed by atoms with van der Waals surface area (Å²) in [7, 11) is -2.61. The maximum Gasteiger partial charge on any atom is 0.264 e. The van der Waals surface area contributed by atoms with Gasteiger partial charge in [-0.1, -0.05) is 52.2 Å². The average Bonchev–Trinajstić information content (AvgIpc) is 3.79. The van der Waals surface area contributed by atoms with Crippen molar-refractivity contribution in [3.8, 4) is 33.8 Å². The van der Waals surface area contributed by atoms with Gasteiger partial charge in [-0.2, -0.15) is 0 Å². The van der Waals surface area contributed by atoms with Crippen molar-refractivity contribution < 1.29 is 31.1 Å². The number of nitrogens with zero attached hydrogens (tertiary/aromatic N) is 4. The number of aromatic nitrogens is 3. The van der Waals surface area contributed by atoms with Crippen LogP contribution in [0.15, 0.2) is 91.5 Å². The Bertz CT molecular complexity index is 2210. The van der Waals surface area contributed by atoms with Crippen molar-refractivity contribution in [2.24, 2.45) is 0 Å². The number of anilines is 1. The first-order chi connectivity index (χ1) is 22.5. The van der Waals surface area contributed by atoms with Gasteiger partial charge in [0.25, 0.3) is 15.9 Å². The number of amides is 1. The molecule has 0 spiro atoms. The van der Waals surface area contributed by atoms with E-state index in [9.17, 15) is 17.6 Å². The third kappa shape index (κ3) is 6.02. The Morgan fingerprint density at radius 3 is 2.49 bits per heavy atom. The highest BCUT2D eigenvalue weighted by molar-refractivity contribution is 7.92. The lowest BCUT2D eigenvalue weighted by atomic mass is 9.96. The fraction of sp³-hybridized carbons (Fsp3) is 0.152. The van der Waals surface area contributed by atoms with Crippen molar-refractivity contribution >= 4 is 33.4 Å². The second-order valence-corrected chi connectivity index (χ2v) is 12.8. The summed E-state index contributed by atoms with van der Waals surface area (Å²) in [4.78, 5) is 19.6. The molecule has 0 bridgehead atoms. The summed E-state index contributed by atoms with van der Waals surface area (Å²) in [5, 5.41) is 7.87. The minimum Gasteiger partial charge on any atom is -0.445 e. The molecule has 3 aromatic carbocycles. The van der Waals surface area contributed by atoms with E-state index >= 15 is 0 Å². The molecule has 14 heteroatoms. The third-order valence-electron chi connectivity index (χ3n) is 7.67. The molecular formula is C33H27ClFN5O6S. The molecule has 0 fully saturated rings. The molecule has 0 radical (unpaired) electrons. The monoisotopic (exact) mass is 675 g/mol. The van der Waals surface area contributed by atoms with Crippen LogP contribution in [-0.2, 0) is 16.6 Å². The zero-order chi connectivity index (χ0) is 33.5. The van der Waals surface area contributed by atoms with Gasteiger partial charge in [-0.15, -0.1) is 0 Å². The van der Waals surface area contributed by atoms with Gasteiger partial charge in [-0.05, 0) is 62.2 Å². The van der Waals surface area contributed by atoms with E-state index in [0.717, 1.165) is 0 Å². The number of halogens is 2. The molecule has 0 saturated carbocycles. The Morgan fingerprint density at radius 1 is 1.00 bits per heavy atom. The lowest BCUT2D eigenvalue weighted by molar-refractivity contribution is 0.0784. The van der Waals surface area contributed by atoms with Crippen LogP contribution in [0.25, 0.3) is 33.8 Å². The molecule has 47 heavy (non-hydrogen) atoms. The summed E-state index contributed by atoms with van der Waals surface area (Å²) in [6.07, 6.45) is 2.94. The van der Waals surface area contributed by atoms with Crippen LogP contribution in [0.4, 0.5) is 10.3 Å². The molecular weight excluding hydrogens is 649 g/mol. The number of carbonyl (C=O) groups is 1. The van der Waals surface area contributed by atoms with Crippen LogP contribution in [0.3, 0.4) is 0 Å². The Morgan fingerprint density at radius 2 is 1.79 bits per heavy atom. The van der Waals surface area contributed by atoms with Crippen molar-refractivity contribution in [2.45, 2.75) is 32.2 Å². The molecule has 3 aromatic heterocycles. The second-order valence-electron chi connectivity index (χ2n) is 10.8. The van der Waals surface area contributed by atoms with Gasteiger partial charge in [-0.3, -0.25) is 4.79 Å². The Balaban J connectivity index is 1.42. The average molecular weight is 676 g/mol. The number of carbonyl (C=O) groups excluding carboxylic acids is 1. The van der Waals surface area contributed by atoms with Gasteiger partial charge in [0.1, 0.15) is 29.1 Å². The molecule has 0 aliphatic carbocycles. The predicted octanol–water partition coefficient (Wildman–Crippen LogP) is 7.44. The minimum atomic E-state index is -4.17. The second kappa shape index (κ2) is 12.5. The molecule has 0 atom stereocenters. The number of oxazole rings is 1. The van der Waals surface area contributed by atoms with Crippen LogP contribution >= 0.6 is 11.6 Å². The van der Waals surface area contributed by atoms with Crippen LogP contribution < -0.4 is 4.72 Å². The molecule has 0 saturated heterocycles. The lowest BCUT2D eigenvalue weighted by Gasteiger charge is -2.21. The molecule has 1 N–H and O–H groups in total. The maximum atomic E-state index is 14.9. The van der Waals surface area contributed by atoms with Crippen molar-refractivity contribution in [1.82, 2.24) is 20.2 Å². The molecule has 240 valence electrons. The van der Waals surface area contributed by atoms with Crippen LogP contribution in [0, 0.1) is 26.6 Å². The molecule has 0 aliphatic heterocycles. The Labute approximate surface area is 274 Å². The molecule has 3 heterocycles. The highest BCUT2D eigenvalue weighted by atomic mass is 35.5. The highest BCUT2D eigenvalue weighted by Crippen LogP contribution is 2.37. The van der Waals surface area contributed by atoms with Gasteiger partial charge in [0, 0.05) is 30.3 Å². The summed E-state index contributed by atoms with van der Waals surface area (Å²) in [5.41, 5.74) is 3.10. The first kappa shape index (κ1) is 31.7. The number of hydrogen-bond acceptors (Lipinski definition) is 9. The zero-order valence-electron chi connectivity index (χ0n) is 25.5. The van der Waals surface area contributed by atoms with E-state index in [2.05, 4.69) is 20.0 Å². The molecule has 0 aliphatic rings. The fourth-order valence-electron chi connectivity index (χ4n) is 5.13. The van der Waals surface area contributed by atoms with E-state index in [1.54, 1.807) is 64.2 Å². The SMILES string of the molecule is Cc1noc(NS(=O)(=O)c2ccccc2-c2ccc(-c3ncco3)cc2CN(C)C(=O)c2c(-c3c(F)cccc3Cl)noc2C)c1C. The van der Waals surface area contributed by atoms with E-state index in [-0.39, 0.29) is 44.9 Å². The smallest absolute Gasteiger partial charge is 0.264 e. The Hall–Kier alpha value is -5.27. The first-order valence-corrected chi connectivity index (χ1v) is 16.1. The first-order valence-electron chi connectivity index (χ1n) is 14.2. The van der Waals surface area contributed by atoms with Gasteiger partial charge in [-0.25, -0.2) is 22.5 Å². The number of rotatable bonds is 9. The van der Waals surface area contributed by atoms with Crippen molar-refractivity contribution in [2.75, 3.05) is 11.8 Å². The lowest BCUT2D eigenvalue weighted by Crippen LogP contribution is -2.27. The van der Waals surface area contributed by atoms with Gasteiger partial charge in [0.2, 0.25) is 11.8 Å². The molecule has 11 nitrogen and oxygen atoms in total. The van der Waals surface area contributed by atoms with Crippen LogP contribution in [0.2, 0.25) is 5.02 Å². The number of hydrogen-bond donors (Lipinski definition) is 1. The minimum absolute atomic E-state index is 0.0111. The van der Waals surface area contributed by atoms with Gasteiger partial charge < -0.3 is 18.4 Å². The van der Waals surface area contributed by atoms with E-state index in [1.165, 1.54) is 41.6 Å². The van der Waals surface area contributed by atoms with Gasteiger partial charge in [0.15, 0.2) is 0 Å². The number of nitrogens with one attached hydrogen (secondary N) is 1. The summed E-state index contributed by atoms with van der Waals surface area (Å²) < 4.78 is 60.9. The largest absolute Gasteiger partial charge is 0.445 e. The predicted molar refractivity (Wildman–Crippen MR) is 172 cm³/mol. The fourth-order valence-corrected chi connectivity index (χ4v) is 6.66. The summed E-state index contributed by atoms with van der Waals surface area (Å²) >= 11 is 6.30. The van der Waals surface area contributed by atoms with Gasteiger partial charge in [0.05, 0.1) is 27.4 Å². The Kier molecular flexibility index (Phi) is 8.43. The van der Waals surface area contributed by atoms with Crippen molar-refractivity contribution in [3.05, 3.63) is 112 Å². The number of benzene rings is 3. The topological polar surface area (TPSA) is 145 Å². The molecule has 0 unspecified atom stereocenters. The quantitative estimate of drug-likeness (QED) is 0.165.